The summed E-state index contributed by atoms with van der Waals surface area (Å²) in [6.45, 7) is 2.01. The van der Waals surface area contributed by atoms with Crippen molar-refractivity contribution in [2.45, 2.75) is 31.8 Å². The molecule has 0 bridgehead atoms. The molecule has 0 spiro atoms. The minimum Gasteiger partial charge on any atom is -0.481 e. The number of carbonyl (C=O) groups excluding carboxylic acids is 1. The minimum atomic E-state index is -4.83. The topological polar surface area (TPSA) is 121 Å². The van der Waals surface area contributed by atoms with Gasteiger partial charge in [0.1, 0.15) is 0 Å². The Labute approximate surface area is 92.6 Å². The molecule has 0 aromatic rings. The Kier molecular flexibility index (Phi) is 6.25. The van der Waals surface area contributed by atoms with Gasteiger partial charge < -0.3 is 19.6 Å². The van der Waals surface area contributed by atoms with Crippen LogP contribution < -0.4 is 0 Å². The van der Waals surface area contributed by atoms with Crippen molar-refractivity contribution in [1.82, 2.24) is 0 Å². The monoisotopic (exact) mass is 254 g/mol. The molecule has 0 saturated carbocycles. The molecule has 94 valence electrons. The third-order valence-electron chi connectivity index (χ3n) is 1.81. The highest BCUT2D eigenvalue weighted by molar-refractivity contribution is 7.53. The maximum Gasteiger partial charge on any atom is 0.340 e. The molecule has 7 nitrogen and oxygen atoms in total. The van der Waals surface area contributed by atoms with Crippen LogP contribution >= 0.6 is 7.60 Å². The first-order valence-electron chi connectivity index (χ1n) is 4.72. The lowest BCUT2D eigenvalue weighted by atomic mass is 10.3. The first-order valence-corrected chi connectivity index (χ1v) is 6.40. The number of rotatable bonds is 7. The van der Waals surface area contributed by atoms with Gasteiger partial charge in [-0.15, -0.1) is 0 Å². The van der Waals surface area contributed by atoms with Crippen LogP contribution in [0.3, 0.4) is 0 Å². The van der Waals surface area contributed by atoms with Crippen molar-refractivity contribution in [2.75, 3.05) is 6.61 Å². The maximum atomic E-state index is 11.1. The molecular weight excluding hydrogens is 239 g/mol. The average molecular weight is 254 g/mol. The van der Waals surface area contributed by atoms with Gasteiger partial charge >= 0.3 is 19.5 Å². The Bertz CT molecular complexity index is 295. The average Bonchev–Trinajstić information content (AvgIpc) is 2.12. The number of carboxylic acid groups (broad SMARTS) is 1. The third kappa shape index (κ3) is 5.85. The maximum absolute atomic E-state index is 11.1. The van der Waals surface area contributed by atoms with Gasteiger partial charge in [0.25, 0.3) is 0 Å². The number of esters is 1. The molecule has 0 aliphatic carbocycles. The lowest BCUT2D eigenvalue weighted by Gasteiger charge is -2.13. The molecule has 0 heterocycles. The van der Waals surface area contributed by atoms with Gasteiger partial charge in [-0.2, -0.15) is 0 Å². The molecule has 0 amide bonds. The number of hydrogen-bond donors (Lipinski definition) is 3. The molecule has 0 aromatic carbocycles. The molecule has 0 radical (unpaired) electrons. The van der Waals surface area contributed by atoms with E-state index in [2.05, 4.69) is 4.74 Å². The van der Waals surface area contributed by atoms with Crippen molar-refractivity contribution in [3.8, 4) is 0 Å². The first-order chi connectivity index (χ1) is 7.29. The summed E-state index contributed by atoms with van der Waals surface area (Å²) in [5, 5.41) is 8.53. The van der Waals surface area contributed by atoms with Crippen LogP contribution in [0.1, 0.15) is 26.2 Å². The van der Waals surface area contributed by atoms with E-state index in [0.29, 0.717) is 6.42 Å². The molecule has 0 aromatic heterocycles. The number of unbranched alkanes of at least 4 members (excludes halogenated alkanes) is 1. The van der Waals surface area contributed by atoms with Crippen molar-refractivity contribution in [3.05, 3.63) is 0 Å². The van der Waals surface area contributed by atoms with E-state index in [9.17, 15) is 14.2 Å². The summed E-state index contributed by atoms with van der Waals surface area (Å²) < 4.78 is 15.4. The lowest BCUT2D eigenvalue weighted by Crippen LogP contribution is -2.25. The summed E-state index contributed by atoms with van der Waals surface area (Å²) in [5.74, 6) is -2.62. The van der Waals surface area contributed by atoms with Crippen LogP contribution in [0.25, 0.3) is 0 Å². The SMILES string of the molecule is CCCCOC(=O)CC(C(=O)O)P(=O)(O)O. The third-order valence-corrected chi connectivity index (χ3v) is 3.03. The van der Waals surface area contributed by atoms with E-state index in [1.165, 1.54) is 0 Å². The number of hydrogen-bond acceptors (Lipinski definition) is 4. The summed E-state index contributed by atoms with van der Waals surface area (Å²) in [4.78, 5) is 38.9. The Morgan fingerprint density at radius 1 is 1.38 bits per heavy atom. The zero-order valence-electron chi connectivity index (χ0n) is 8.83. The fraction of sp³-hybridized carbons (Fsp3) is 0.750. The van der Waals surface area contributed by atoms with Crippen LogP contribution in [0.2, 0.25) is 0 Å². The van der Waals surface area contributed by atoms with E-state index in [1.54, 1.807) is 0 Å². The first kappa shape index (κ1) is 15.1. The smallest absolute Gasteiger partial charge is 0.340 e. The molecular formula is C8H15O7P. The Hall–Kier alpha value is -0.910. The van der Waals surface area contributed by atoms with Crippen molar-refractivity contribution < 1.29 is 33.8 Å². The molecule has 1 unspecified atom stereocenters. The number of carbonyl (C=O) groups is 2. The molecule has 3 N–H and O–H groups in total. The van der Waals surface area contributed by atoms with Crippen LogP contribution in [0, 0.1) is 0 Å². The van der Waals surface area contributed by atoms with Crippen molar-refractivity contribution in [1.29, 1.82) is 0 Å². The van der Waals surface area contributed by atoms with Gasteiger partial charge in [0.05, 0.1) is 13.0 Å². The van der Waals surface area contributed by atoms with Gasteiger partial charge in [0.2, 0.25) is 0 Å². The molecule has 0 saturated heterocycles. The van der Waals surface area contributed by atoms with Gasteiger partial charge in [-0.1, -0.05) is 13.3 Å². The van der Waals surface area contributed by atoms with E-state index >= 15 is 0 Å². The van der Waals surface area contributed by atoms with Gasteiger partial charge in [-0.05, 0) is 6.42 Å². The fourth-order valence-corrected chi connectivity index (χ4v) is 1.57. The molecule has 0 aliphatic rings. The van der Waals surface area contributed by atoms with Gasteiger partial charge in [0, 0.05) is 0 Å². The summed E-state index contributed by atoms with van der Waals surface area (Å²) >= 11 is 0. The number of carboxylic acids is 1. The van der Waals surface area contributed by atoms with E-state index in [0.717, 1.165) is 6.42 Å². The van der Waals surface area contributed by atoms with Gasteiger partial charge in [0.15, 0.2) is 5.66 Å². The second-order valence-electron chi connectivity index (χ2n) is 3.22. The van der Waals surface area contributed by atoms with E-state index < -0.39 is 31.6 Å². The summed E-state index contributed by atoms with van der Waals surface area (Å²) in [6, 6.07) is 0. The van der Waals surface area contributed by atoms with Crippen LogP contribution in [0.4, 0.5) is 0 Å². The number of aliphatic carboxylic acids is 1. The quantitative estimate of drug-likeness (QED) is 0.340. The predicted molar refractivity (Wildman–Crippen MR) is 54.0 cm³/mol. The molecule has 0 rings (SSSR count). The van der Waals surface area contributed by atoms with Crippen LogP contribution in [-0.2, 0) is 18.9 Å². The zero-order chi connectivity index (χ0) is 12.8. The van der Waals surface area contributed by atoms with Crippen molar-refractivity contribution in [2.24, 2.45) is 0 Å². The minimum absolute atomic E-state index is 0.128. The standard InChI is InChI=1S/C8H15O7P/c1-2-3-4-15-7(9)5-6(8(10)11)16(12,13)14/h6H,2-5H2,1H3,(H,10,11)(H2,12,13,14). The molecule has 0 aliphatic heterocycles. The van der Waals surface area contributed by atoms with E-state index in [4.69, 9.17) is 14.9 Å². The lowest BCUT2D eigenvalue weighted by molar-refractivity contribution is -0.147. The highest BCUT2D eigenvalue weighted by atomic mass is 31.2. The molecule has 0 fully saturated rings. The highest BCUT2D eigenvalue weighted by Gasteiger charge is 2.37. The zero-order valence-corrected chi connectivity index (χ0v) is 9.72. The van der Waals surface area contributed by atoms with Gasteiger partial charge in [-0.25, -0.2) is 0 Å². The van der Waals surface area contributed by atoms with Gasteiger partial charge in [-0.3, -0.25) is 14.2 Å². The Morgan fingerprint density at radius 3 is 2.31 bits per heavy atom. The highest BCUT2D eigenvalue weighted by Crippen LogP contribution is 2.43. The fourth-order valence-electron chi connectivity index (χ4n) is 0.897. The van der Waals surface area contributed by atoms with Crippen molar-refractivity contribution >= 4 is 19.5 Å². The normalized spacial score (nSPS) is 13.2. The summed E-state index contributed by atoms with van der Waals surface area (Å²) in [6.07, 6.45) is 0.608. The molecule has 16 heavy (non-hydrogen) atoms. The van der Waals surface area contributed by atoms with Crippen LogP contribution in [0.15, 0.2) is 0 Å². The molecule has 1 atom stereocenters. The number of ether oxygens (including phenoxy) is 1. The summed E-state index contributed by atoms with van der Waals surface area (Å²) in [7, 11) is -4.83. The second kappa shape index (κ2) is 6.62. The van der Waals surface area contributed by atoms with E-state index in [-0.39, 0.29) is 6.61 Å². The van der Waals surface area contributed by atoms with Crippen LogP contribution in [-0.4, -0.2) is 39.1 Å². The summed E-state index contributed by atoms with van der Waals surface area (Å²) in [5.41, 5.74) is -2.03. The second-order valence-corrected chi connectivity index (χ2v) is 5.02. The predicted octanol–water partition coefficient (Wildman–Crippen LogP) is 0.351. The van der Waals surface area contributed by atoms with Crippen molar-refractivity contribution in [3.63, 3.8) is 0 Å². The Balaban J connectivity index is 4.26. The Morgan fingerprint density at radius 2 is 1.94 bits per heavy atom. The van der Waals surface area contributed by atoms with Crippen LogP contribution in [0.5, 0.6) is 0 Å². The largest absolute Gasteiger partial charge is 0.481 e. The van der Waals surface area contributed by atoms with E-state index in [1.807, 2.05) is 6.92 Å². The molecule has 8 heteroatoms.